The van der Waals surface area contributed by atoms with Gasteiger partial charge in [0.1, 0.15) is 12.3 Å². The van der Waals surface area contributed by atoms with Crippen molar-refractivity contribution in [3.63, 3.8) is 0 Å². The lowest BCUT2D eigenvalue weighted by Gasteiger charge is -2.12. The molecule has 0 saturated carbocycles. The van der Waals surface area contributed by atoms with Crippen LogP contribution in [0.15, 0.2) is 30.3 Å². The summed E-state index contributed by atoms with van der Waals surface area (Å²) in [5, 5.41) is 7.13. The van der Waals surface area contributed by atoms with Crippen LogP contribution in [0.3, 0.4) is 0 Å². The van der Waals surface area contributed by atoms with Crippen LogP contribution >= 0.6 is 12.2 Å². The summed E-state index contributed by atoms with van der Waals surface area (Å²) in [5.74, 6) is -0.284. The quantitative estimate of drug-likeness (QED) is 0.553. The van der Waals surface area contributed by atoms with Crippen molar-refractivity contribution < 1.29 is 18.3 Å². The van der Waals surface area contributed by atoms with Crippen molar-refractivity contribution in [1.82, 2.24) is 20.6 Å². The minimum Gasteiger partial charge on any atom is -0.435 e. The fourth-order valence-corrected chi connectivity index (χ4v) is 2.19. The van der Waals surface area contributed by atoms with E-state index < -0.39 is 6.61 Å². The first-order chi connectivity index (χ1) is 11.8. The maximum atomic E-state index is 12.1. The molecule has 0 aliphatic rings. The lowest BCUT2D eigenvalue weighted by molar-refractivity contribution is -0.122. The summed E-state index contributed by atoms with van der Waals surface area (Å²) >= 11 is 5.04. The molecule has 10 heteroatoms. The highest BCUT2D eigenvalue weighted by Gasteiger charge is 2.08. The Bertz CT molecular complexity index is 749. The number of thiocarbonyl (C=S) groups is 1. The number of aryl methyl sites for hydroxylation is 2. The van der Waals surface area contributed by atoms with Crippen molar-refractivity contribution in [2.45, 2.75) is 27.0 Å². The van der Waals surface area contributed by atoms with Crippen LogP contribution in [0.1, 0.15) is 11.4 Å². The lowest BCUT2D eigenvalue weighted by Crippen LogP contribution is -2.45. The minimum absolute atomic E-state index is 0.0395. The molecule has 3 N–H and O–H groups in total. The Morgan fingerprint density at radius 2 is 1.96 bits per heavy atom. The number of hydrogen-bond donors (Lipinski definition) is 3. The van der Waals surface area contributed by atoms with Gasteiger partial charge in [-0.2, -0.15) is 13.9 Å². The predicted molar refractivity (Wildman–Crippen MR) is 92.3 cm³/mol. The van der Waals surface area contributed by atoms with Crippen LogP contribution < -0.4 is 20.9 Å². The summed E-state index contributed by atoms with van der Waals surface area (Å²) in [4.78, 5) is 11.9. The average molecular weight is 369 g/mol. The molecule has 0 radical (unpaired) electrons. The van der Waals surface area contributed by atoms with E-state index in [9.17, 15) is 13.6 Å². The number of hydrazine groups is 1. The number of carbonyl (C=O) groups excluding carboxylic acids is 1. The van der Waals surface area contributed by atoms with Gasteiger partial charge in [0.2, 0.25) is 0 Å². The number of amides is 1. The van der Waals surface area contributed by atoms with Gasteiger partial charge in [0.05, 0.1) is 5.69 Å². The van der Waals surface area contributed by atoms with Gasteiger partial charge in [0.25, 0.3) is 5.91 Å². The maximum Gasteiger partial charge on any atom is 0.387 e. The zero-order chi connectivity index (χ0) is 18.4. The summed E-state index contributed by atoms with van der Waals surface area (Å²) < 4.78 is 30.0. The molecular weight excluding hydrogens is 352 g/mol. The number of ether oxygens (including phenoxy) is 1. The Balaban J connectivity index is 1.78. The monoisotopic (exact) mass is 369 g/mol. The minimum atomic E-state index is -2.88. The summed E-state index contributed by atoms with van der Waals surface area (Å²) in [6.07, 6.45) is 0. The molecule has 2 rings (SSSR count). The lowest BCUT2D eigenvalue weighted by atomic mass is 10.3. The summed E-state index contributed by atoms with van der Waals surface area (Å²) in [5.41, 5.74) is 7.25. The van der Waals surface area contributed by atoms with Crippen LogP contribution in [-0.4, -0.2) is 27.4 Å². The van der Waals surface area contributed by atoms with Crippen LogP contribution in [-0.2, 0) is 11.3 Å². The standard InChI is InChI=1S/C15H17F2N5O2S/c1-9-7-10(2)22(21-9)8-13(23)19-20-15(25)18-11-3-5-12(6-4-11)24-14(16)17/h3-7,14H,8H2,1-2H3,(H,19,23)(H2,18,20,25). The second kappa shape index (κ2) is 8.38. The van der Waals surface area contributed by atoms with E-state index in [0.29, 0.717) is 5.69 Å². The fourth-order valence-electron chi connectivity index (χ4n) is 2.02. The van der Waals surface area contributed by atoms with Gasteiger partial charge in [-0.05, 0) is 56.4 Å². The molecular formula is C15H17F2N5O2S. The van der Waals surface area contributed by atoms with E-state index in [1.807, 2.05) is 19.9 Å². The van der Waals surface area contributed by atoms with Crippen molar-refractivity contribution in [2.24, 2.45) is 0 Å². The highest BCUT2D eigenvalue weighted by molar-refractivity contribution is 7.80. The van der Waals surface area contributed by atoms with Crippen molar-refractivity contribution in [3.05, 3.63) is 41.7 Å². The summed E-state index contributed by atoms with van der Waals surface area (Å²) in [7, 11) is 0. The molecule has 7 nitrogen and oxygen atoms in total. The number of alkyl halides is 2. The number of rotatable bonds is 5. The third-order valence-corrected chi connectivity index (χ3v) is 3.25. The van der Waals surface area contributed by atoms with Gasteiger partial charge in [0.15, 0.2) is 5.11 Å². The first-order valence-electron chi connectivity index (χ1n) is 7.25. The molecule has 1 aromatic carbocycles. The number of hydrogen-bond acceptors (Lipinski definition) is 4. The summed E-state index contributed by atoms with van der Waals surface area (Å²) in [6, 6.07) is 7.65. The second-order valence-electron chi connectivity index (χ2n) is 5.11. The first kappa shape index (κ1) is 18.6. The molecule has 2 aromatic rings. The first-order valence-corrected chi connectivity index (χ1v) is 7.66. The molecule has 134 valence electrons. The molecule has 1 aromatic heterocycles. The Morgan fingerprint density at radius 1 is 1.28 bits per heavy atom. The van der Waals surface area contributed by atoms with Crippen LogP contribution in [0.4, 0.5) is 14.5 Å². The number of benzene rings is 1. The Morgan fingerprint density at radius 3 is 2.52 bits per heavy atom. The van der Waals surface area contributed by atoms with E-state index in [0.717, 1.165) is 11.4 Å². The number of aromatic nitrogens is 2. The Hall–Kier alpha value is -2.75. The van der Waals surface area contributed by atoms with Crippen molar-refractivity contribution >= 4 is 28.9 Å². The van der Waals surface area contributed by atoms with E-state index in [-0.39, 0.29) is 23.3 Å². The number of halogens is 2. The SMILES string of the molecule is Cc1cc(C)n(CC(=O)NNC(=S)Nc2ccc(OC(F)F)cc2)n1. The molecule has 0 fully saturated rings. The van der Waals surface area contributed by atoms with Gasteiger partial charge in [0, 0.05) is 11.4 Å². The zero-order valence-electron chi connectivity index (χ0n) is 13.5. The van der Waals surface area contributed by atoms with Crippen molar-refractivity contribution in [1.29, 1.82) is 0 Å². The van der Waals surface area contributed by atoms with Gasteiger partial charge >= 0.3 is 6.61 Å². The third-order valence-electron chi connectivity index (χ3n) is 3.05. The van der Waals surface area contributed by atoms with Crippen LogP contribution in [0, 0.1) is 13.8 Å². The number of carbonyl (C=O) groups is 1. The van der Waals surface area contributed by atoms with Crippen LogP contribution in [0.2, 0.25) is 0 Å². The van der Waals surface area contributed by atoms with Gasteiger partial charge < -0.3 is 10.1 Å². The van der Waals surface area contributed by atoms with Gasteiger partial charge in [-0.1, -0.05) is 0 Å². The van der Waals surface area contributed by atoms with E-state index in [1.165, 1.54) is 24.3 Å². The average Bonchev–Trinajstić information content (AvgIpc) is 2.84. The van der Waals surface area contributed by atoms with Crippen molar-refractivity contribution in [3.8, 4) is 5.75 Å². The van der Waals surface area contributed by atoms with Crippen LogP contribution in [0.25, 0.3) is 0 Å². The number of nitrogens with one attached hydrogen (secondary N) is 3. The summed E-state index contributed by atoms with van der Waals surface area (Å²) in [6.45, 7) is 0.874. The van der Waals surface area contributed by atoms with E-state index in [2.05, 4.69) is 26.0 Å². The zero-order valence-corrected chi connectivity index (χ0v) is 14.4. The molecule has 0 saturated heterocycles. The van der Waals surface area contributed by atoms with Gasteiger partial charge in [-0.15, -0.1) is 0 Å². The highest BCUT2D eigenvalue weighted by atomic mass is 32.1. The van der Waals surface area contributed by atoms with Crippen molar-refractivity contribution in [2.75, 3.05) is 5.32 Å². The molecule has 0 unspecified atom stereocenters. The molecule has 0 aliphatic carbocycles. The number of anilines is 1. The topological polar surface area (TPSA) is 80.2 Å². The molecule has 0 spiro atoms. The number of nitrogens with zero attached hydrogens (tertiary/aromatic N) is 2. The second-order valence-corrected chi connectivity index (χ2v) is 5.52. The molecule has 0 atom stereocenters. The Labute approximate surface area is 148 Å². The van der Waals surface area contributed by atoms with Gasteiger partial charge in [-0.3, -0.25) is 20.3 Å². The smallest absolute Gasteiger partial charge is 0.387 e. The van der Waals surface area contributed by atoms with E-state index in [4.69, 9.17) is 12.2 Å². The normalized spacial score (nSPS) is 10.4. The molecule has 1 heterocycles. The van der Waals surface area contributed by atoms with Crippen LogP contribution in [0.5, 0.6) is 5.75 Å². The van der Waals surface area contributed by atoms with E-state index in [1.54, 1.807) is 4.68 Å². The fraction of sp³-hybridized carbons (Fsp3) is 0.267. The molecule has 0 bridgehead atoms. The largest absolute Gasteiger partial charge is 0.435 e. The molecule has 0 aliphatic heterocycles. The Kier molecular flexibility index (Phi) is 6.23. The van der Waals surface area contributed by atoms with E-state index >= 15 is 0 Å². The highest BCUT2D eigenvalue weighted by Crippen LogP contribution is 2.17. The third kappa shape index (κ3) is 5.99. The maximum absolute atomic E-state index is 12.1. The predicted octanol–water partition coefficient (Wildman–Crippen LogP) is 2.12. The molecule has 25 heavy (non-hydrogen) atoms. The molecule has 1 amide bonds. The van der Waals surface area contributed by atoms with Gasteiger partial charge in [-0.25, -0.2) is 0 Å².